The third-order valence-electron chi connectivity index (χ3n) is 3.24. The number of rotatable bonds is 1. The Hall–Kier alpha value is -1.03. The van der Waals surface area contributed by atoms with Crippen molar-refractivity contribution in [1.29, 1.82) is 0 Å². The fraction of sp³-hybridized carbons (Fsp3) is 0.462. The first kappa shape index (κ1) is 12.4. The number of nitrogens with zero attached hydrogens (tertiary/aromatic N) is 1. The van der Waals surface area contributed by atoms with Gasteiger partial charge in [-0.05, 0) is 37.5 Å². The van der Waals surface area contributed by atoms with Gasteiger partial charge in [0, 0.05) is 23.0 Å². The minimum absolute atomic E-state index is 0.0304. The number of hydrogen-bond donors (Lipinski definition) is 1. The lowest BCUT2D eigenvalue weighted by molar-refractivity contribution is 0.0743. The summed E-state index contributed by atoms with van der Waals surface area (Å²) in [6, 6.07) is 4.56. The van der Waals surface area contributed by atoms with Gasteiger partial charge in [0.1, 0.15) is 5.82 Å². The maximum Gasteiger partial charge on any atom is 0.254 e. The predicted octanol–water partition coefficient (Wildman–Crippen LogP) is 2.98. The predicted molar refractivity (Wildman–Crippen MR) is 67.9 cm³/mol. The molecule has 2 nitrogen and oxygen atoms in total. The molecule has 0 aliphatic carbocycles. The maximum absolute atomic E-state index is 13.1. The van der Waals surface area contributed by atoms with Gasteiger partial charge in [-0.3, -0.25) is 4.79 Å². The van der Waals surface area contributed by atoms with Crippen LogP contribution in [0.3, 0.4) is 0 Å². The van der Waals surface area contributed by atoms with E-state index in [1.807, 2.05) is 11.8 Å². The van der Waals surface area contributed by atoms with E-state index in [4.69, 9.17) is 0 Å². The molecule has 0 radical (unpaired) electrons. The first-order chi connectivity index (χ1) is 7.99. The molecular formula is C13H16FNOS. The highest BCUT2D eigenvalue weighted by Crippen LogP contribution is 2.25. The molecule has 2 unspecified atom stereocenters. The van der Waals surface area contributed by atoms with Crippen LogP contribution in [0.2, 0.25) is 0 Å². The van der Waals surface area contributed by atoms with Gasteiger partial charge < -0.3 is 4.90 Å². The van der Waals surface area contributed by atoms with Crippen LogP contribution in [-0.2, 0) is 0 Å². The van der Waals surface area contributed by atoms with E-state index in [0.29, 0.717) is 11.5 Å². The quantitative estimate of drug-likeness (QED) is 0.763. The van der Waals surface area contributed by atoms with E-state index in [1.165, 1.54) is 18.2 Å². The Labute approximate surface area is 106 Å². The van der Waals surface area contributed by atoms with Crippen LogP contribution < -0.4 is 0 Å². The highest BCUT2D eigenvalue weighted by Gasteiger charge is 2.30. The van der Waals surface area contributed by atoms with Crippen molar-refractivity contribution in [3.8, 4) is 0 Å². The number of hydrogen-bond acceptors (Lipinski definition) is 2. The summed E-state index contributed by atoms with van der Waals surface area (Å²) in [5.74, 6) is 0.106. The summed E-state index contributed by atoms with van der Waals surface area (Å²) in [6.45, 7) is 4.96. The second kappa shape index (κ2) is 4.69. The van der Waals surface area contributed by atoms with Crippen LogP contribution in [0.25, 0.3) is 0 Å². The van der Waals surface area contributed by atoms with Gasteiger partial charge >= 0.3 is 0 Å². The van der Waals surface area contributed by atoms with Crippen molar-refractivity contribution in [2.24, 2.45) is 5.92 Å². The van der Waals surface area contributed by atoms with Crippen molar-refractivity contribution < 1.29 is 9.18 Å². The van der Waals surface area contributed by atoms with Crippen LogP contribution in [0.5, 0.6) is 0 Å². The average molecular weight is 253 g/mol. The summed E-state index contributed by atoms with van der Waals surface area (Å²) in [6.07, 6.45) is 1.03. The minimum atomic E-state index is -0.396. The lowest BCUT2D eigenvalue weighted by Crippen LogP contribution is -2.33. The summed E-state index contributed by atoms with van der Waals surface area (Å²) in [5.41, 5.74) is 0.511. The van der Waals surface area contributed by atoms with Crippen molar-refractivity contribution in [3.63, 3.8) is 0 Å². The number of likely N-dealkylation sites (tertiary alicyclic amines) is 1. The normalized spacial score (nSPS) is 24.1. The fourth-order valence-electron chi connectivity index (χ4n) is 2.39. The smallest absolute Gasteiger partial charge is 0.254 e. The number of thiol groups is 1. The zero-order chi connectivity index (χ0) is 12.6. The van der Waals surface area contributed by atoms with E-state index in [9.17, 15) is 9.18 Å². The second-order valence-corrected chi connectivity index (χ2v) is 5.30. The van der Waals surface area contributed by atoms with Crippen LogP contribution in [0.4, 0.5) is 4.39 Å². The van der Waals surface area contributed by atoms with Gasteiger partial charge in [0.2, 0.25) is 0 Å². The van der Waals surface area contributed by atoms with Crippen molar-refractivity contribution in [1.82, 2.24) is 4.90 Å². The number of carbonyl (C=O) groups excluding carboxylic acids is 1. The van der Waals surface area contributed by atoms with Gasteiger partial charge in [0.25, 0.3) is 5.91 Å². The molecule has 1 aliphatic heterocycles. The number of halogens is 1. The molecule has 2 atom stereocenters. The van der Waals surface area contributed by atoms with Crippen LogP contribution in [0.15, 0.2) is 23.1 Å². The minimum Gasteiger partial charge on any atom is -0.336 e. The first-order valence-corrected chi connectivity index (χ1v) is 6.23. The molecule has 1 amide bonds. The van der Waals surface area contributed by atoms with E-state index in [2.05, 4.69) is 19.6 Å². The van der Waals surface area contributed by atoms with Gasteiger partial charge in [-0.2, -0.15) is 0 Å². The average Bonchev–Trinajstić information content (AvgIpc) is 2.61. The molecule has 0 saturated carbocycles. The molecule has 0 aromatic heterocycles. The van der Waals surface area contributed by atoms with E-state index in [1.54, 1.807) is 0 Å². The highest BCUT2D eigenvalue weighted by molar-refractivity contribution is 7.80. The monoisotopic (exact) mass is 253 g/mol. The second-order valence-electron chi connectivity index (χ2n) is 4.81. The van der Waals surface area contributed by atoms with E-state index in [0.717, 1.165) is 13.0 Å². The number of carbonyl (C=O) groups is 1. The van der Waals surface area contributed by atoms with Crippen molar-refractivity contribution >= 4 is 18.5 Å². The summed E-state index contributed by atoms with van der Waals surface area (Å²) < 4.78 is 13.1. The Morgan fingerprint density at radius 1 is 1.47 bits per heavy atom. The van der Waals surface area contributed by atoms with E-state index in [-0.39, 0.29) is 16.8 Å². The topological polar surface area (TPSA) is 20.3 Å². The zero-order valence-corrected chi connectivity index (χ0v) is 10.9. The number of benzene rings is 1. The molecule has 1 fully saturated rings. The molecule has 0 spiro atoms. The number of amides is 1. The molecule has 17 heavy (non-hydrogen) atoms. The van der Waals surface area contributed by atoms with Crippen LogP contribution in [0.1, 0.15) is 30.6 Å². The lowest BCUT2D eigenvalue weighted by Gasteiger charge is -2.21. The Morgan fingerprint density at radius 2 is 2.18 bits per heavy atom. The van der Waals surface area contributed by atoms with Gasteiger partial charge in [-0.15, -0.1) is 12.6 Å². The molecule has 1 saturated heterocycles. The highest BCUT2D eigenvalue weighted by atomic mass is 32.1. The molecule has 1 heterocycles. The largest absolute Gasteiger partial charge is 0.336 e. The van der Waals surface area contributed by atoms with Gasteiger partial charge in [0.05, 0.1) is 0 Å². The Kier molecular flexibility index (Phi) is 3.43. The fourth-order valence-corrected chi connectivity index (χ4v) is 2.61. The van der Waals surface area contributed by atoms with Crippen LogP contribution in [-0.4, -0.2) is 23.4 Å². The van der Waals surface area contributed by atoms with Crippen molar-refractivity contribution in [2.45, 2.75) is 31.2 Å². The molecule has 1 aliphatic rings. The summed E-state index contributed by atoms with van der Waals surface area (Å²) in [5, 5.41) is 0. The van der Waals surface area contributed by atoms with Crippen molar-refractivity contribution in [2.75, 3.05) is 6.54 Å². The zero-order valence-electron chi connectivity index (χ0n) is 9.98. The standard InChI is InChI=1S/C13H16FNOS/c1-8-5-9(2)15(7-8)13(16)10-3-4-11(14)12(17)6-10/h3-4,6,8-9,17H,5,7H2,1-2H3. The third-order valence-corrected chi connectivity index (χ3v) is 3.58. The lowest BCUT2D eigenvalue weighted by atomic mass is 10.1. The Morgan fingerprint density at radius 3 is 2.71 bits per heavy atom. The maximum atomic E-state index is 13.1. The first-order valence-electron chi connectivity index (χ1n) is 5.78. The molecule has 0 N–H and O–H groups in total. The van der Waals surface area contributed by atoms with Gasteiger partial charge in [-0.25, -0.2) is 4.39 Å². The van der Waals surface area contributed by atoms with E-state index >= 15 is 0 Å². The Bertz CT molecular complexity index is 449. The van der Waals surface area contributed by atoms with Gasteiger partial charge in [0.15, 0.2) is 0 Å². The molecular weight excluding hydrogens is 237 g/mol. The Balaban J connectivity index is 2.22. The molecule has 1 aromatic carbocycles. The van der Waals surface area contributed by atoms with Crippen molar-refractivity contribution in [3.05, 3.63) is 29.6 Å². The summed E-state index contributed by atoms with van der Waals surface area (Å²) in [4.78, 5) is 14.3. The molecule has 92 valence electrons. The molecule has 4 heteroatoms. The van der Waals surface area contributed by atoms with Gasteiger partial charge in [-0.1, -0.05) is 6.92 Å². The third kappa shape index (κ3) is 2.46. The molecule has 0 bridgehead atoms. The summed E-state index contributed by atoms with van der Waals surface area (Å²) in [7, 11) is 0. The van der Waals surface area contributed by atoms with E-state index < -0.39 is 5.82 Å². The summed E-state index contributed by atoms with van der Waals surface area (Å²) >= 11 is 4.00. The molecule has 2 rings (SSSR count). The van der Waals surface area contributed by atoms with Crippen LogP contribution in [0, 0.1) is 11.7 Å². The SMILES string of the molecule is CC1CC(C)N(C(=O)c2ccc(F)c(S)c2)C1. The molecule has 1 aromatic rings. The van der Waals surface area contributed by atoms with Crippen LogP contribution >= 0.6 is 12.6 Å².